The number of hydrogen-bond donors (Lipinski definition) is 0. The Morgan fingerprint density at radius 1 is 0.649 bits per heavy atom. The standard InChI is InChI=1S/C33H25N3S/c1-20-18-24(23-10-5-4-6-11-23)19-21(2)30(20)36-29-15-8-7-14-28(29)35-32(36)27-13-9-12-25-26-17-16-22(3)34-33(26)37-31(25)27/h4-19H,1-3H3. The average Bonchev–Trinajstić information content (AvgIpc) is 3.47. The van der Waals surface area contributed by atoms with Crippen LogP contribution in [-0.4, -0.2) is 14.5 Å². The van der Waals surface area contributed by atoms with Crippen LogP contribution >= 0.6 is 11.3 Å². The number of para-hydroxylation sites is 2. The SMILES string of the molecule is Cc1ccc2c(n1)sc1c(-c3nc4ccccc4n3-c3c(C)cc(-c4ccccc4)cc3C)cccc12. The summed E-state index contributed by atoms with van der Waals surface area (Å²) in [6.07, 6.45) is 0. The zero-order valence-corrected chi connectivity index (χ0v) is 21.8. The van der Waals surface area contributed by atoms with Crippen LogP contribution in [0.4, 0.5) is 0 Å². The predicted molar refractivity (Wildman–Crippen MR) is 157 cm³/mol. The fourth-order valence-electron chi connectivity index (χ4n) is 5.49. The van der Waals surface area contributed by atoms with Gasteiger partial charge in [-0.05, 0) is 85.5 Å². The lowest BCUT2D eigenvalue weighted by molar-refractivity contribution is 1.07. The largest absolute Gasteiger partial charge is 0.292 e. The van der Waals surface area contributed by atoms with Gasteiger partial charge in [-0.15, -0.1) is 11.3 Å². The van der Waals surface area contributed by atoms with Gasteiger partial charge in [-0.25, -0.2) is 9.97 Å². The summed E-state index contributed by atoms with van der Waals surface area (Å²) >= 11 is 1.75. The monoisotopic (exact) mass is 495 g/mol. The highest BCUT2D eigenvalue weighted by Crippen LogP contribution is 2.41. The molecule has 0 spiro atoms. The molecule has 4 aromatic carbocycles. The predicted octanol–water partition coefficient (Wildman–Crippen LogP) is 9.05. The summed E-state index contributed by atoms with van der Waals surface area (Å²) in [7, 11) is 0. The third-order valence-electron chi connectivity index (χ3n) is 7.13. The smallest absolute Gasteiger partial charge is 0.147 e. The molecule has 0 aliphatic heterocycles. The Bertz CT molecular complexity index is 1940. The molecule has 3 heterocycles. The highest BCUT2D eigenvalue weighted by Gasteiger charge is 2.21. The first-order valence-corrected chi connectivity index (χ1v) is 13.3. The Morgan fingerprint density at radius 2 is 1.41 bits per heavy atom. The molecule has 7 aromatic rings. The van der Waals surface area contributed by atoms with Gasteiger partial charge in [-0.1, -0.05) is 54.6 Å². The Labute approximate surface area is 219 Å². The molecule has 0 saturated heterocycles. The van der Waals surface area contributed by atoms with E-state index in [0.717, 1.165) is 32.9 Å². The lowest BCUT2D eigenvalue weighted by Crippen LogP contribution is -2.03. The minimum atomic E-state index is 0.966. The van der Waals surface area contributed by atoms with Crippen LogP contribution in [0.1, 0.15) is 16.8 Å². The van der Waals surface area contributed by atoms with Crippen molar-refractivity contribution in [2.45, 2.75) is 20.8 Å². The second kappa shape index (κ2) is 8.39. The van der Waals surface area contributed by atoms with E-state index in [2.05, 4.69) is 122 Å². The van der Waals surface area contributed by atoms with Gasteiger partial charge >= 0.3 is 0 Å². The van der Waals surface area contributed by atoms with Gasteiger partial charge in [0.15, 0.2) is 0 Å². The third kappa shape index (κ3) is 3.48. The van der Waals surface area contributed by atoms with Gasteiger partial charge in [0.25, 0.3) is 0 Å². The van der Waals surface area contributed by atoms with E-state index in [9.17, 15) is 0 Å². The molecule has 0 aliphatic rings. The van der Waals surface area contributed by atoms with E-state index in [0.29, 0.717) is 0 Å². The molecular formula is C33H25N3S. The van der Waals surface area contributed by atoms with Crippen molar-refractivity contribution in [3.05, 3.63) is 114 Å². The third-order valence-corrected chi connectivity index (χ3v) is 8.28. The number of fused-ring (bicyclic) bond motifs is 4. The average molecular weight is 496 g/mol. The number of aryl methyl sites for hydroxylation is 3. The molecule has 0 radical (unpaired) electrons. The Kier molecular flexibility index (Phi) is 4.98. The summed E-state index contributed by atoms with van der Waals surface area (Å²) in [4.78, 5) is 11.1. The van der Waals surface area contributed by atoms with Crippen LogP contribution in [0, 0.1) is 20.8 Å². The molecule has 3 nitrogen and oxygen atoms in total. The van der Waals surface area contributed by atoms with Crippen molar-refractivity contribution in [3.63, 3.8) is 0 Å². The van der Waals surface area contributed by atoms with Gasteiger partial charge in [-0.3, -0.25) is 4.57 Å². The van der Waals surface area contributed by atoms with Crippen LogP contribution in [0.2, 0.25) is 0 Å². The van der Waals surface area contributed by atoms with E-state index in [1.165, 1.54) is 43.4 Å². The summed E-state index contributed by atoms with van der Waals surface area (Å²) < 4.78 is 3.58. The maximum atomic E-state index is 5.21. The maximum absolute atomic E-state index is 5.21. The van der Waals surface area contributed by atoms with Crippen molar-refractivity contribution in [1.29, 1.82) is 0 Å². The number of imidazole rings is 1. The highest BCUT2D eigenvalue weighted by molar-refractivity contribution is 7.26. The summed E-state index contributed by atoms with van der Waals surface area (Å²) in [6.45, 7) is 6.47. The number of rotatable bonds is 3. The van der Waals surface area contributed by atoms with E-state index in [1.54, 1.807) is 11.3 Å². The summed E-state index contributed by atoms with van der Waals surface area (Å²) in [5.74, 6) is 0.966. The first kappa shape index (κ1) is 22.0. The number of benzene rings is 4. The fraction of sp³-hybridized carbons (Fsp3) is 0.0909. The quantitative estimate of drug-likeness (QED) is 0.245. The topological polar surface area (TPSA) is 30.7 Å². The van der Waals surface area contributed by atoms with Crippen molar-refractivity contribution in [2.24, 2.45) is 0 Å². The van der Waals surface area contributed by atoms with Gasteiger partial charge in [0.05, 0.1) is 16.7 Å². The Morgan fingerprint density at radius 3 is 2.22 bits per heavy atom. The molecule has 0 atom stereocenters. The molecule has 0 amide bonds. The Balaban J connectivity index is 1.53. The van der Waals surface area contributed by atoms with Gasteiger partial charge in [0.2, 0.25) is 0 Å². The molecular weight excluding hydrogens is 470 g/mol. The van der Waals surface area contributed by atoms with Crippen molar-refractivity contribution < 1.29 is 0 Å². The fourth-order valence-corrected chi connectivity index (χ4v) is 6.71. The molecule has 0 saturated carbocycles. The zero-order valence-electron chi connectivity index (χ0n) is 21.0. The second-order valence-corrected chi connectivity index (χ2v) is 10.7. The number of aromatic nitrogens is 3. The van der Waals surface area contributed by atoms with Crippen LogP contribution < -0.4 is 0 Å². The summed E-state index contributed by atoms with van der Waals surface area (Å²) in [6, 6.07) is 34.5. The van der Waals surface area contributed by atoms with Crippen LogP contribution in [0.15, 0.2) is 97.1 Å². The molecule has 0 bridgehead atoms. The summed E-state index contributed by atoms with van der Waals surface area (Å²) in [5.41, 5.74) is 10.4. The number of nitrogens with zero attached hydrogens (tertiary/aromatic N) is 3. The molecule has 4 heteroatoms. The highest BCUT2D eigenvalue weighted by atomic mass is 32.1. The van der Waals surface area contributed by atoms with Crippen LogP contribution in [-0.2, 0) is 0 Å². The molecule has 3 aromatic heterocycles. The molecule has 0 unspecified atom stereocenters. The number of thiophene rings is 1. The first-order valence-electron chi connectivity index (χ1n) is 12.5. The van der Waals surface area contributed by atoms with Gasteiger partial charge in [-0.2, -0.15) is 0 Å². The van der Waals surface area contributed by atoms with Crippen molar-refractivity contribution in [1.82, 2.24) is 14.5 Å². The van der Waals surface area contributed by atoms with E-state index in [1.807, 2.05) is 0 Å². The minimum Gasteiger partial charge on any atom is -0.292 e. The molecule has 0 fully saturated rings. The van der Waals surface area contributed by atoms with Gasteiger partial charge in [0.1, 0.15) is 10.7 Å². The van der Waals surface area contributed by atoms with Crippen LogP contribution in [0.25, 0.3) is 59.5 Å². The molecule has 178 valence electrons. The summed E-state index contributed by atoms with van der Waals surface area (Å²) in [5, 5.41) is 2.44. The minimum absolute atomic E-state index is 0.966. The first-order chi connectivity index (χ1) is 18.1. The van der Waals surface area contributed by atoms with Crippen molar-refractivity contribution in [2.75, 3.05) is 0 Å². The van der Waals surface area contributed by atoms with E-state index in [4.69, 9.17) is 9.97 Å². The van der Waals surface area contributed by atoms with Crippen molar-refractivity contribution in [3.8, 4) is 28.2 Å². The molecule has 37 heavy (non-hydrogen) atoms. The van der Waals surface area contributed by atoms with E-state index < -0.39 is 0 Å². The lowest BCUT2D eigenvalue weighted by atomic mass is 9.98. The van der Waals surface area contributed by atoms with Crippen molar-refractivity contribution >= 4 is 42.7 Å². The normalized spacial score (nSPS) is 11.6. The van der Waals surface area contributed by atoms with E-state index in [-0.39, 0.29) is 0 Å². The number of pyridine rings is 1. The second-order valence-electron chi connectivity index (χ2n) is 9.67. The Hall–Kier alpha value is -4.28. The molecule has 0 N–H and O–H groups in total. The maximum Gasteiger partial charge on any atom is 0.147 e. The van der Waals surface area contributed by atoms with Crippen LogP contribution in [0.5, 0.6) is 0 Å². The van der Waals surface area contributed by atoms with E-state index >= 15 is 0 Å². The zero-order chi connectivity index (χ0) is 25.1. The molecule has 0 aliphatic carbocycles. The molecule has 7 rings (SSSR count). The lowest BCUT2D eigenvalue weighted by Gasteiger charge is -2.17. The van der Waals surface area contributed by atoms with Crippen LogP contribution in [0.3, 0.4) is 0 Å². The van der Waals surface area contributed by atoms with Gasteiger partial charge in [0, 0.05) is 26.7 Å². The number of hydrogen-bond acceptors (Lipinski definition) is 3. The van der Waals surface area contributed by atoms with Gasteiger partial charge < -0.3 is 0 Å².